The predicted molar refractivity (Wildman–Crippen MR) is 83.7 cm³/mol. The zero-order valence-corrected chi connectivity index (χ0v) is 12.5. The van der Waals surface area contributed by atoms with E-state index in [1.54, 1.807) is 16.8 Å². The maximum absolute atomic E-state index is 13.6. The quantitative estimate of drug-likeness (QED) is 0.719. The van der Waals surface area contributed by atoms with Gasteiger partial charge in [0.1, 0.15) is 11.6 Å². The first-order valence-corrected chi connectivity index (χ1v) is 7.62. The third-order valence-electron chi connectivity index (χ3n) is 4.11. The van der Waals surface area contributed by atoms with Crippen molar-refractivity contribution in [2.75, 3.05) is 11.4 Å². The fraction of sp³-hybridized carbons (Fsp3) is 0.250. The minimum absolute atomic E-state index is 0.0565. The summed E-state index contributed by atoms with van der Waals surface area (Å²) in [5.74, 6) is 0.612. The van der Waals surface area contributed by atoms with E-state index in [2.05, 4.69) is 15.0 Å². The Morgan fingerprint density at radius 2 is 2.14 bits per heavy atom. The Kier molecular flexibility index (Phi) is 3.22. The Labute approximate surface area is 132 Å². The molecule has 1 aromatic carbocycles. The molecule has 0 saturated carbocycles. The van der Waals surface area contributed by atoms with Gasteiger partial charge in [-0.1, -0.05) is 11.6 Å². The van der Waals surface area contributed by atoms with Crippen LogP contribution < -0.4 is 4.90 Å². The fourth-order valence-electron chi connectivity index (χ4n) is 3.10. The van der Waals surface area contributed by atoms with Gasteiger partial charge in [-0.2, -0.15) is 5.10 Å². The number of hydrogen-bond donors (Lipinski definition) is 0. The van der Waals surface area contributed by atoms with E-state index in [9.17, 15) is 4.39 Å². The van der Waals surface area contributed by atoms with Gasteiger partial charge in [0.25, 0.3) is 0 Å². The van der Waals surface area contributed by atoms with Gasteiger partial charge in [-0.05, 0) is 42.7 Å². The fourth-order valence-corrected chi connectivity index (χ4v) is 3.34. The van der Waals surface area contributed by atoms with Gasteiger partial charge in [0.15, 0.2) is 5.65 Å². The van der Waals surface area contributed by atoms with Gasteiger partial charge in [-0.25, -0.2) is 13.9 Å². The first-order valence-electron chi connectivity index (χ1n) is 7.24. The molecule has 1 saturated heterocycles. The summed E-state index contributed by atoms with van der Waals surface area (Å²) in [7, 11) is 0. The molecule has 0 radical (unpaired) electrons. The van der Waals surface area contributed by atoms with Gasteiger partial charge in [0, 0.05) is 23.8 Å². The van der Waals surface area contributed by atoms with Gasteiger partial charge < -0.3 is 4.90 Å². The molecule has 4 nitrogen and oxygen atoms in total. The zero-order chi connectivity index (χ0) is 15.1. The first kappa shape index (κ1) is 13.5. The molecule has 0 N–H and O–H groups in total. The van der Waals surface area contributed by atoms with E-state index in [0.717, 1.165) is 36.4 Å². The smallest absolute Gasteiger partial charge is 0.157 e. The van der Waals surface area contributed by atoms with Gasteiger partial charge >= 0.3 is 0 Å². The van der Waals surface area contributed by atoms with Crippen molar-refractivity contribution in [3.05, 3.63) is 59.1 Å². The Bertz CT molecular complexity index is 832. The van der Waals surface area contributed by atoms with Gasteiger partial charge in [-0.15, -0.1) is 0 Å². The summed E-state index contributed by atoms with van der Waals surface area (Å²) in [5, 5.41) is 4.75. The van der Waals surface area contributed by atoms with Crippen LogP contribution in [0.25, 0.3) is 5.65 Å². The molecule has 1 fully saturated rings. The molecule has 3 aromatic rings. The molecule has 0 bridgehead atoms. The van der Waals surface area contributed by atoms with Crippen molar-refractivity contribution in [3.63, 3.8) is 0 Å². The van der Waals surface area contributed by atoms with Crippen molar-refractivity contribution in [2.24, 2.45) is 0 Å². The third kappa shape index (κ3) is 2.22. The molecule has 22 heavy (non-hydrogen) atoms. The van der Waals surface area contributed by atoms with Gasteiger partial charge in [0.05, 0.1) is 12.2 Å². The summed E-state index contributed by atoms with van der Waals surface area (Å²) in [6.07, 6.45) is 5.58. The van der Waals surface area contributed by atoms with Crippen LogP contribution in [0.15, 0.2) is 42.7 Å². The number of nitrogens with zero attached hydrogens (tertiary/aromatic N) is 4. The number of anilines is 1. The van der Waals surface area contributed by atoms with Crippen LogP contribution in [-0.2, 0) is 0 Å². The van der Waals surface area contributed by atoms with Crippen LogP contribution in [0.5, 0.6) is 0 Å². The highest BCUT2D eigenvalue weighted by molar-refractivity contribution is 6.31. The lowest BCUT2D eigenvalue weighted by atomic mass is 10.0. The van der Waals surface area contributed by atoms with Crippen LogP contribution in [0, 0.1) is 5.82 Å². The summed E-state index contributed by atoms with van der Waals surface area (Å²) < 4.78 is 15.3. The van der Waals surface area contributed by atoms with Crippen molar-refractivity contribution < 1.29 is 4.39 Å². The van der Waals surface area contributed by atoms with Crippen LogP contribution in [0.2, 0.25) is 5.02 Å². The summed E-state index contributed by atoms with van der Waals surface area (Å²) in [4.78, 5) is 6.82. The summed E-state index contributed by atoms with van der Waals surface area (Å²) in [6.45, 7) is 0.884. The molecule has 6 heteroatoms. The van der Waals surface area contributed by atoms with E-state index in [1.807, 2.05) is 18.3 Å². The number of benzene rings is 1. The molecule has 3 heterocycles. The average Bonchev–Trinajstić information content (AvgIpc) is 3.17. The molecule has 0 amide bonds. The SMILES string of the molecule is Fc1ccc(Cl)c(C2CCCN2c2ccn3nccc3n2)c1. The topological polar surface area (TPSA) is 33.4 Å². The lowest BCUT2D eigenvalue weighted by molar-refractivity contribution is 0.618. The minimum atomic E-state index is -0.259. The Morgan fingerprint density at radius 3 is 3.05 bits per heavy atom. The number of halogens is 2. The number of rotatable bonds is 2. The lowest BCUT2D eigenvalue weighted by Crippen LogP contribution is -2.24. The number of fused-ring (bicyclic) bond motifs is 1. The van der Waals surface area contributed by atoms with E-state index in [1.165, 1.54) is 12.1 Å². The summed E-state index contributed by atoms with van der Waals surface area (Å²) >= 11 is 6.28. The maximum atomic E-state index is 13.6. The standard InChI is InChI=1S/C16H14ClFN4/c17-13-4-3-11(18)10-12(13)14-2-1-8-21(14)15-6-9-22-16(20-15)5-7-19-22/h3-7,9-10,14H,1-2,8H2. The van der Waals surface area contributed by atoms with E-state index in [0.29, 0.717) is 5.02 Å². The highest BCUT2D eigenvalue weighted by Crippen LogP contribution is 2.38. The molecule has 1 unspecified atom stereocenters. The lowest BCUT2D eigenvalue weighted by Gasteiger charge is -2.26. The zero-order valence-electron chi connectivity index (χ0n) is 11.8. The van der Waals surface area contributed by atoms with E-state index < -0.39 is 0 Å². The van der Waals surface area contributed by atoms with Crippen LogP contribution in [0.4, 0.5) is 10.2 Å². The molecular formula is C16H14ClFN4. The monoisotopic (exact) mass is 316 g/mol. The second-order valence-corrected chi connectivity index (χ2v) is 5.84. The largest absolute Gasteiger partial charge is 0.349 e. The summed E-state index contributed by atoms with van der Waals surface area (Å²) in [6, 6.07) is 8.40. The highest BCUT2D eigenvalue weighted by Gasteiger charge is 2.29. The third-order valence-corrected chi connectivity index (χ3v) is 4.45. The molecule has 1 aliphatic heterocycles. The average molecular weight is 317 g/mol. The molecule has 1 atom stereocenters. The van der Waals surface area contributed by atoms with Crippen LogP contribution in [-0.4, -0.2) is 21.1 Å². The van der Waals surface area contributed by atoms with E-state index in [-0.39, 0.29) is 11.9 Å². The minimum Gasteiger partial charge on any atom is -0.349 e. The molecule has 112 valence electrons. The van der Waals surface area contributed by atoms with Crippen LogP contribution in [0.1, 0.15) is 24.4 Å². The van der Waals surface area contributed by atoms with E-state index in [4.69, 9.17) is 11.6 Å². The number of aromatic nitrogens is 3. The van der Waals surface area contributed by atoms with Crippen molar-refractivity contribution in [1.82, 2.24) is 14.6 Å². The second-order valence-electron chi connectivity index (χ2n) is 5.44. The van der Waals surface area contributed by atoms with Crippen molar-refractivity contribution in [3.8, 4) is 0 Å². The Hall–Kier alpha value is -2.14. The Balaban J connectivity index is 1.75. The van der Waals surface area contributed by atoms with Crippen molar-refractivity contribution in [2.45, 2.75) is 18.9 Å². The molecular weight excluding hydrogens is 303 g/mol. The molecule has 1 aliphatic rings. The second kappa shape index (κ2) is 5.25. The molecule has 0 aliphatic carbocycles. The van der Waals surface area contributed by atoms with E-state index >= 15 is 0 Å². The summed E-state index contributed by atoms with van der Waals surface area (Å²) in [5.41, 5.74) is 1.63. The predicted octanol–water partition coefficient (Wildman–Crippen LogP) is 3.86. The maximum Gasteiger partial charge on any atom is 0.157 e. The van der Waals surface area contributed by atoms with Crippen molar-refractivity contribution in [1.29, 1.82) is 0 Å². The van der Waals surface area contributed by atoms with Gasteiger partial charge in [-0.3, -0.25) is 0 Å². The Morgan fingerprint density at radius 1 is 1.23 bits per heavy atom. The highest BCUT2D eigenvalue weighted by atomic mass is 35.5. The molecule has 2 aromatic heterocycles. The van der Waals surface area contributed by atoms with Gasteiger partial charge in [0.2, 0.25) is 0 Å². The number of hydrogen-bond acceptors (Lipinski definition) is 3. The van der Waals surface area contributed by atoms with Crippen LogP contribution >= 0.6 is 11.6 Å². The molecule has 0 spiro atoms. The van der Waals surface area contributed by atoms with Crippen LogP contribution in [0.3, 0.4) is 0 Å². The molecule has 4 rings (SSSR count). The van der Waals surface area contributed by atoms with Crippen molar-refractivity contribution >= 4 is 23.1 Å². The normalized spacial score (nSPS) is 18.3. The first-order chi connectivity index (χ1) is 10.7.